The Hall–Kier alpha value is -1.58. The molecular weight excluding hydrogens is 170 g/mol. The first-order valence-corrected chi connectivity index (χ1v) is 3.95. The SMILES string of the molecule is C/C=C\C1NC(=O)C(C(C)=O)=C1O. The Morgan fingerprint density at radius 2 is 2.23 bits per heavy atom. The van der Waals surface area contributed by atoms with E-state index in [2.05, 4.69) is 5.32 Å². The topological polar surface area (TPSA) is 66.4 Å². The number of aliphatic hydroxyl groups is 1. The fourth-order valence-corrected chi connectivity index (χ4v) is 1.23. The lowest BCUT2D eigenvalue weighted by molar-refractivity contribution is -0.121. The van der Waals surface area contributed by atoms with Crippen LogP contribution in [0.1, 0.15) is 13.8 Å². The quantitative estimate of drug-likeness (QED) is 0.480. The van der Waals surface area contributed by atoms with E-state index in [0.29, 0.717) is 0 Å². The normalized spacial score (nSPS) is 22.6. The summed E-state index contributed by atoms with van der Waals surface area (Å²) in [6, 6.07) is -0.545. The fraction of sp³-hybridized carbons (Fsp3) is 0.333. The number of ketones is 1. The molecule has 0 aromatic heterocycles. The summed E-state index contributed by atoms with van der Waals surface area (Å²) in [5.41, 5.74) is -0.136. The highest BCUT2D eigenvalue weighted by Crippen LogP contribution is 2.16. The Kier molecular flexibility index (Phi) is 2.51. The minimum absolute atomic E-state index is 0.136. The Balaban J connectivity index is 3.03. The number of amides is 1. The maximum Gasteiger partial charge on any atom is 0.259 e. The average Bonchev–Trinajstić information content (AvgIpc) is 2.28. The van der Waals surface area contributed by atoms with E-state index in [9.17, 15) is 14.7 Å². The zero-order chi connectivity index (χ0) is 10.0. The largest absolute Gasteiger partial charge is 0.509 e. The molecule has 4 heteroatoms. The third kappa shape index (κ3) is 1.61. The van der Waals surface area contributed by atoms with E-state index >= 15 is 0 Å². The van der Waals surface area contributed by atoms with Crippen molar-refractivity contribution in [3.05, 3.63) is 23.5 Å². The molecule has 1 heterocycles. The lowest BCUT2D eigenvalue weighted by atomic mass is 10.1. The molecule has 0 spiro atoms. The van der Waals surface area contributed by atoms with Gasteiger partial charge in [0.25, 0.3) is 5.91 Å². The van der Waals surface area contributed by atoms with E-state index < -0.39 is 17.7 Å². The first-order chi connectivity index (χ1) is 6.07. The van der Waals surface area contributed by atoms with Gasteiger partial charge in [-0.2, -0.15) is 0 Å². The van der Waals surface area contributed by atoms with Crippen LogP contribution in [0, 0.1) is 0 Å². The molecule has 70 valence electrons. The van der Waals surface area contributed by atoms with Gasteiger partial charge in [0.1, 0.15) is 17.4 Å². The third-order valence-electron chi connectivity index (χ3n) is 1.80. The summed E-state index contributed by atoms with van der Waals surface area (Å²) in [4.78, 5) is 22.0. The molecular formula is C9H11NO3. The molecule has 0 radical (unpaired) electrons. The summed E-state index contributed by atoms with van der Waals surface area (Å²) in [5, 5.41) is 11.9. The van der Waals surface area contributed by atoms with E-state index in [4.69, 9.17) is 0 Å². The van der Waals surface area contributed by atoms with Gasteiger partial charge in [-0.25, -0.2) is 0 Å². The molecule has 1 amide bonds. The monoisotopic (exact) mass is 181 g/mol. The van der Waals surface area contributed by atoms with Crippen molar-refractivity contribution in [2.45, 2.75) is 19.9 Å². The van der Waals surface area contributed by atoms with Crippen molar-refractivity contribution in [2.24, 2.45) is 0 Å². The highest BCUT2D eigenvalue weighted by atomic mass is 16.3. The summed E-state index contributed by atoms with van der Waals surface area (Å²) in [6.45, 7) is 3.02. The van der Waals surface area contributed by atoms with Crippen LogP contribution < -0.4 is 5.32 Å². The molecule has 1 unspecified atom stereocenters. The van der Waals surface area contributed by atoms with Crippen LogP contribution in [0.3, 0.4) is 0 Å². The maximum absolute atomic E-state index is 11.1. The molecule has 0 aromatic rings. The van der Waals surface area contributed by atoms with Gasteiger partial charge in [0.05, 0.1) is 0 Å². The van der Waals surface area contributed by atoms with Gasteiger partial charge in [-0.1, -0.05) is 12.2 Å². The van der Waals surface area contributed by atoms with E-state index in [1.54, 1.807) is 19.1 Å². The van der Waals surface area contributed by atoms with Gasteiger partial charge in [0, 0.05) is 0 Å². The first kappa shape index (κ1) is 9.51. The van der Waals surface area contributed by atoms with Crippen LogP contribution in [0.15, 0.2) is 23.5 Å². The molecule has 13 heavy (non-hydrogen) atoms. The minimum Gasteiger partial charge on any atom is -0.509 e. The van der Waals surface area contributed by atoms with Gasteiger partial charge >= 0.3 is 0 Å². The molecule has 1 aliphatic rings. The van der Waals surface area contributed by atoms with Crippen molar-refractivity contribution < 1.29 is 14.7 Å². The Morgan fingerprint density at radius 3 is 2.62 bits per heavy atom. The molecule has 0 saturated carbocycles. The molecule has 4 nitrogen and oxygen atoms in total. The van der Waals surface area contributed by atoms with E-state index in [1.165, 1.54) is 6.92 Å². The van der Waals surface area contributed by atoms with Gasteiger partial charge in [-0.05, 0) is 13.8 Å². The summed E-state index contributed by atoms with van der Waals surface area (Å²) in [7, 11) is 0. The number of aliphatic hydroxyl groups excluding tert-OH is 1. The van der Waals surface area contributed by atoms with E-state index in [-0.39, 0.29) is 11.3 Å². The summed E-state index contributed by atoms with van der Waals surface area (Å²) < 4.78 is 0. The number of allylic oxidation sites excluding steroid dienone is 1. The number of nitrogens with one attached hydrogen (secondary N) is 1. The molecule has 2 N–H and O–H groups in total. The van der Waals surface area contributed by atoms with Crippen LogP contribution in [0.2, 0.25) is 0 Å². The maximum atomic E-state index is 11.1. The number of carbonyl (C=O) groups excluding carboxylic acids is 2. The Labute approximate surface area is 75.9 Å². The van der Waals surface area contributed by atoms with Crippen LogP contribution in [-0.2, 0) is 9.59 Å². The second kappa shape index (κ2) is 3.43. The van der Waals surface area contributed by atoms with Gasteiger partial charge < -0.3 is 10.4 Å². The van der Waals surface area contributed by atoms with Crippen molar-refractivity contribution in [3.63, 3.8) is 0 Å². The highest BCUT2D eigenvalue weighted by Gasteiger charge is 2.32. The van der Waals surface area contributed by atoms with E-state index in [0.717, 1.165) is 0 Å². The number of rotatable bonds is 2. The molecule has 1 rings (SSSR count). The Morgan fingerprint density at radius 1 is 1.62 bits per heavy atom. The van der Waals surface area contributed by atoms with Crippen LogP contribution in [0.4, 0.5) is 0 Å². The lowest BCUT2D eigenvalue weighted by Gasteiger charge is -2.03. The van der Waals surface area contributed by atoms with Crippen molar-refractivity contribution in [3.8, 4) is 0 Å². The molecule has 0 saturated heterocycles. The second-order valence-electron chi connectivity index (χ2n) is 2.79. The predicted molar refractivity (Wildman–Crippen MR) is 47.1 cm³/mol. The average molecular weight is 181 g/mol. The number of hydrogen-bond acceptors (Lipinski definition) is 3. The van der Waals surface area contributed by atoms with Crippen molar-refractivity contribution in [1.29, 1.82) is 0 Å². The van der Waals surface area contributed by atoms with E-state index in [1.807, 2.05) is 0 Å². The number of carbonyl (C=O) groups is 2. The van der Waals surface area contributed by atoms with Gasteiger partial charge in [0.15, 0.2) is 5.78 Å². The summed E-state index contributed by atoms with van der Waals surface area (Å²) in [6.07, 6.45) is 3.31. The smallest absolute Gasteiger partial charge is 0.259 e. The second-order valence-corrected chi connectivity index (χ2v) is 2.79. The number of hydrogen-bond donors (Lipinski definition) is 2. The standard InChI is InChI=1S/C9H11NO3/c1-3-4-6-8(12)7(5(2)11)9(13)10-6/h3-4,6,12H,1-2H3,(H,10,13)/b4-3-. The number of Topliss-reactive ketones (excluding diaryl/α,β-unsaturated/α-hetero) is 1. The lowest BCUT2D eigenvalue weighted by Crippen LogP contribution is -2.27. The molecule has 1 atom stereocenters. The molecule has 1 aliphatic heterocycles. The van der Waals surface area contributed by atoms with Crippen molar-refractivity contribution >= 4 is 11.7 Å². The van der Waals surface area contributed by atoms with Crippen LogP contribution >= 0.6 is 0 Å². The van der Waals surface area contributed by atoms with Crippen LogP contribution in [0.5, 0.6) is 0 Å². The predicted octanol–water partition coefficient (Wildman–Crippen LogP) is 0.462. The summed E-state index contributed by atoms with van der Waals surface area (Å²) in [5.74, 6) is -1.11. The molecule has 0 aliphatic carbocycles. The third-order valence-corrected chi connectivity index (χ3v) is 1.80. The van der Waals surface area contributed by atoms with Crippen LogP contribution in [0.25, 0.3) is 0 Å². The minimum atomic E-state index is -0.545. The van der Waals surface area contributed by atoms with Gasteiger partial charge in [-0.3, -0.25) is 9.59 Å². The van der Waals surface area contributed by atoms with Crippen molar-refractivity contribution in [1.82, 2.24) is 5.32 Å². The van der Waals surface area contributed by atoms with Gasteiger partial charge in [0.2, 0.25) is 0 Å². The van der Waals surface area contributed by atoms with Crippen LogP contribution in [-0.4, -0.2) is 22.8 Å². The van der Waals surface area contributed by atoms with Crippen molar-refractivity contribution in [2.75, 3.05) is 0 Å². The molecule has 0 bridgehead atoms. The zero-order valence-corrected chi connectivity index (χ0v) is 7.50. The molecule has 0 aromatic carbocycles. The molecule has 0 fully saturated rings. The zero-order valence-electron chi connectivity index (χ0n) is 7.50. The first-order valence-electron chi connectivity index (χ1n) is 3.95. The fourth-order valence-electron chi connectivity index (χ4n) is 1.23. The highest BCUT2D eigenvalue weighted by molar-refractivity contribution is 6.20. The van der Waals surface area contributed by atoms with Gasteiger partial charge in [-0.15, -0.1) is 0 Å². The Bertz CT molecular complexity index is 315. The summed E-state index contributed by atoms with van der Waals surface area (Å²) >= 11 is 0.